The van der Waals surface area contributed by atoms with Gasteiger partial charge in [0.05, 0.1) is 30.5 Å². The van der Waals surface area contributed by atoms with E-state index >= 15 is 0 Å². The molecule has 1 aliphatic rings. The Balaban J connectivity index is 1.30. The summed E-state index contributed by atoms with van der Waals surface area (Å²) in [6.07, 6.45) is 3.17. The molecule has 0 radical (unpaired) electrons. The molecule has 5 rings (SSSR count). The maximum absolute atomic E-state index is 12.8. The van der Waals surface area contributed by atoms with Crippen LogP contribution in [0.25, 0.3) is 22.2 Å². The van der Waals surface area contributed by atoms with Gasteiger partial charge in [0.15, 0.2) is 0 Å². The molecule has 0 fully saturated rings. The molecule has 4 aromatic rings. The van der Waals surface area contributed by atoms with Crippen LogP contribution in [0, 0.1) is 6.92 Å². The molecule has 0 unspecified atom stereocenters. The minimum Gasteiger partial charge on any atom is -0.465 e. The SMILES string of the molecule is COC(=O)c1cnc2c(c1)C(=O)N(CCNc1nccc3ccc(-c4noc(C)n4)cc13)C2. The lowest BCUT2D eigenvalue weighted by atomic mass is 10.1. The number of anilines is 1. The van der Waals surface area contributed by atoms with Crippen molar-refractivity contribution in [3.8, 4) is 11.4 Å². The number of amides is 1. The molecule has 0 aliphatic carbocycles. The Hall–Kier alpha value is -4.34. The molecule has 0 atom stereocenters. The van der Waals surface area contributed by atoms with Crippen molar-refractivity contribution in [2.24, 2.45) is 0 Å². The number of aromatic nitrogens is 4. The number of methoxy groups -OCH3 is 1. The number of hydrogen-bond acceptors (Lipinski definition) is 9. The van der Waals surface area contributed by atoms with Gasteiger partial charge < -0.3 is 19.5 Å². The number of hydrogen-bond donors (Lipinski definition) is 1. The fraction of sp³-hybridized carbons (Fsp3) is 0.217. The monoisotopic (exact) mass is 444 g/mol. The van der Waals surface area contributed by atoms with E-state index in [2.05, 4.69) is 25.4 Å². The molecule has 0 bridgehead atoms. The number of aryl methyl sites for hydroxylation is 1. The van der Waals surface area contributed by atoms with Crippen LogP contribution in [-0.4, -0.2) is 57.1 Å². The zero-order chi connectivity index (χ0) is 22.9. The first-order valence-corrected chi connectivity index (χ1v) is 10.3. The number of carbonyl (C=O) groups excluding carboxylic acids is 2. The molecular weight excluding hydrogens is 424 g/mol. The maximum Gasteiger partial charge on any atom is 0.339 e. The van der Waals surface area contributed by atoms with E-state index in [1.54, 1.807) is 18.0 Å². The van der Waals surface area contributed by atoms with Crippen molar-refractivity contribution in [2.75, 3.05) is 25.5 Å². The molecule has 10 nitrogen and oxygen atoms in total. The molecule has 1 N–H and O–H groups in total. The molecule has 0 spiro atoms. The fourth-order valence-corrected chi connectivity index (χ4v) is 3.81. The van der Waals surface area contributed by atoms with Crippen LogP contribution in [0.1, 0.15) is 32.3 Å². The third kappa shape index (κ3) is 3.86. The summed E-state index contributed by atoms with van der Waals surface area (Å²) in [5, 5.41) is 9.23. The van der Waals surface area contributed by atoms with Gasteiger partial charge in [-0.15, -0.1) is 0 Å². The van der Waals surface area contributed by atoms with Crippen LogP contribution in [0.4, 0.5) is 5.82 Å². The van der Waals surface area contributed by atoms with Crippen LogP contribution in [0.5, 0.6) is 0 Å². The van der Waals surface area contributed by atoms with E-state index in [1.165, 1.54) is 19.4 Å². The molecular formula is C23H20N6O4. The van der Waals surface area contributed by atoms with Crippen LogP contribution in [0.3, 0.4) is 0 Å². The highest BCUT2D eigenvalue weighted by Crippen LogP contribution is 2.27. The Morgan fingerprint density at radius 1 is 1.24 bits per heavy atom. The summed E-state index contributed by atoms with van der Waals surface area (Å²) in [6.45, 7) is 3.07. The quantitative estimate of drug-likeness (QED) is 0.447. The van der Waals surface area contributed by atoms with Crippen LogP contribution in [0.2, 0.25) is 0 Å². The standard InChI is InChI=1S/C23H20N6O4/c1-13-27-20(28-33-13)15-4-3-14-5-6-24-21(17(14)9-15)25-7-8-29-12-19-18(22(29)30)10-16(11-26-19)23(31)32-2/h3-6,9-11H,7-8,12H2,1-2H3,(H,24,25). The highest BCUT2D eigenvalue weighted by molar-refractivity contribution is 6.00. The van der Waals surface area contributed by atoms with E-state index in [-0.39, 0.29) is 11.5 Å². The number of ether oxygens (including phenoxy) is 1. The Morgan fingerprint density at radius 3 is 2.91 bits per heavy atom. The zero-order valence-electron chi connectivity index (χ0n) is 18.0. The van der Waals surface area contributed by atoms with Gasteiger partial charge >= 0.3 is 5.97 Å². The molecule has 33 heavy (non-hydrogen) atoms. The summed E-state index contributed by atoms with van der Waals surface area (Å²) in [6, 6.07) is 9.35. The number of nitrogens with one attached hydrogen (secondary N) is 1. The van der Waals surface area contributed by atoms with Crippen LogP contribution in [0.15, 0.2) is 47.2 Å². The minimum absolute atomic E-state index is 0.161. The number of esters is 1. The molecule has 166 valence electrons. The summed E-state index contributed by atoms with van der Waals surface area (Å²) in [7, 11) is 1.29. The first kappa shape index (κ1) is 20.6. The molecule has 1 amide bonds. The van der Waals surface area contributed by atoms with Crippen LogP contribution in [-0.2, 0) is 11.3 Å². The third-order valence-corrected chi connectivity index (χ3v) is 5.48. The fourth-order valence-electron chi connectivity index (χ4n) is 3.81. The van der Waals surface area contributed by atoms with E-state index in [9.17, 15) is 9.59 Å². The van der Waals surface area contributed by atoms with Gasteiger partial charge in [0.1, 0.15) is 5.82 Å². The zero-order valence-corrected chi connectivity index (χ0v) is 18.0. The molecule has 4 heterocycles. The number of fused-ring (bicyclic) bond motifs is 2. The van der Waals surface area contributed by atoms with Gasteiger partial charge in [0.25, 0.3) is 5.91 Å². The Labute approximate surface area is 188 Å². The predicted molar refractivity (Wildman–Crippen MR) is 119 cm³/mol. The Bertz CT molecular complexity index is 1380. The summed E-state index contributed by atoms with van der Waals surface area (Å²) >= 11 is 0. The average molecular weight is 444 g/mol. The highest BCUT2D eigenvalue weighted by atomic mass is 16.5. The van der Waals surface area contributed by atoms with Crippen molar-refractivity contribution >= 4 is 28.5 Å². The van der Waals surface area contributed by atoms with E-state index in [0.717, 1.165) is 16.3 Å². The second kappa shape index (κ2) is 8.30. The first-order valence-electron chi connectivity index (χ1n) is 10.3. The van der Waals surface area contributed by atoms with Gasteiger partial charge in [-0.25, -0.2) is 9.78 Å². The van der Waals surface area contributed by atoms with Gasteiger partial charge in [-0.3, -0.25) is 9.78 Å². The molecule has 10 heteroatoms. The minimum atomic E-state index is -0.518. The lowest BCUT2D eigenvalue weighted by Gasteiger charge is -2.16. The third-order valence-electron chi connectivity index (χ3n) is 5.48. The Morgan fingerprint density at radius 2 is 2.12 bits per heavy atom. The topological polar surface area (TPSA) is 123 Å². The number of benzene rings is 1. The highest BCUT2D eigenvalue weighted by Gasteiger charge is 2.29. The molecule has 1 aromatic carbocycles. The molecule has 0 saturated carbocycles. The largest absolute Gasteiger partial charge is 0.465 e. The van der Waals surface area contributed by atoms with Crippen LogP contribution < -0.4 is 5.32 Å². The lowest BCUT2D eigenvalue weighted by Crippen LogP contribution is -2.29. The van der Waals surface area contributed by atoms with Gasteiger partial charge in [-0.1, -0.05) is 17.3 Å². The number of pyridine rings is 2. The van der Waals surface area contributed by atoms with Crippen molar-refractivity contribution in [2.45, 2.75) is 13.5 Å². The van der Waals surface area contributed by atoms with Gasteiger partial charge in [0.2, 0.25) is 11.7 Å². The summed E-state index contributed by atoms with van der Waals surface area (Å²) < 4.78 is 9.80. The second-order valence-corrected chi connectivity index (χ2v) is 7.60. The van der Waals surface area contributed by atoms with E-state index < -0.39 is 5.97 Å². The average Bonchev–Trinajstić information content (AvgIpc) is 3.41. The smallest absolute Gasteiger partial charge is 0.339 e. The number of nitrogens with zero attached hydrogens (tertiary/aromatic N) is 5. The summed E-state index contributed by atoms with van der Waals surface area (Å²) in [5.41, 5.74) is 2.17. The van der Waals surface area contributed by atoms with Crippen molar-refractivity contribution < 1.29 is 18.8 Å². The van der Waals surface area contributed by atoms with Gasteiger partial charge in [-0.2, -0.15) is 4.98 Å². The van der Waals surface area contributed by atoms with Crippen molar-refractivity contribution in [3.63, 3.8) is 0 Å². The van der Waals surface area contributed by atoms with Crippen molar-refractivity contribution in [1.29, 1.82) is 0 Å². The Kier molecular flexibility index (Phi) is 5.17. The first-order chi connectivity index (χ1) is 16.0. The second-order valence-electron chi connectivity index (χ2n) is 7.60. The predicted octanol–water partition coefficient (Wildman–Crippen LogP) is 2.84. The lowest BCUT2D eigenvalue weighted by molar-refractivity contribution is 0.0600. The van der Waals surface area contributed by atoms with Crippen molar-refractivity contribution in [3.05, 3.63) is 65.4 Å². The van der Waals surface area contributed by atoms with E-state index in [1.807, 2.05) is 24.3 Å². The number of carbonyl (C=O) groups is 2. The van der Waals surface area contributed by atoms with Crippen molar-refractivity contribution in [1.82, 2.24) is 25.0 Å². The van der Waals surface area contributed by atoms with E-state index in [4.69, 9.17) is 9.26 Å². The summed E-state index contributed by atoms with van der Waals surface area (Å²) in [5.74, 6) is 1.04. The summed E-state index contributed by atoms with van der Waals surface area (Å²) in [4.78, 5) is 39.2. The van der Waals surface area contributed by atoms with Gasteiger partial charge in [0, 0.05) is 43.4 Å². The normalized spacial score (nSPS) is 12.8. The maximum atomic E-state index is 12.8. The molecule has 1 aliphatic heterocycles. The molecule has 0 saturated heterocycles. The number of rotatable bonds is 6. The van der Waals surface area contributed by atoms with Gasteiger partial charge in [-0.05, 0) is 23.6 Å². The molecule has 3 aromatic heterocycles. The van der Waals surface area contributed by atoms with Crippen LogP contribution >= 0.6 is 0 Å². The van der Waals surface area contributed by atoms with E-state index in [0.29, 0.717) is 48.4 Å².